The van der Waals surface area contributed by atoms with Gasteiger partial charge in [0.15, 0.2) is 0 Å². The van der Waals surface area contributed by atoms with Crippen molar-refractivity contribution in [3.8, 4) is 28.2 Å². The second kappa shape index (κ2) is 10.8. The highest BCUT2D eigenvalue weighted by Gasteiger charge is 2.49. The van der Waals surface area contributed by atoms with Crippen LogP contribution in [0.2, 0.25) is 0 Å². The summed E-state index contributed by atoms with van der Waals surface area (Å²) in [6.45, 7) is 0. The lowest BCUT2D eigenvalue weighted by molar-refractivity contribution is 0.768. The van der Waals surface area contributed by atoms with Crippen LogP contribution >= 0.6 is 0 Å². The van der Waals surface area contributed by atoms with Gasteiger partial charge in [0.1, 0.15) is 5.65 Å². The number of nitrogens with zero attached hydrogens (tertiary/aromatic N) is 4. The first kappa shape index (κ1) is 30.0. The van der Waals surface area contributed by atoms with Crippen molar-refractivity contribution < 1.29 is 0 Å². The number of benzene rings is 8. The summed E-state index contributed by atoms with van der Waals surface area (Å²) >= 11 is 0. The zero-order valence-electron chi connectivity index (χ0n) is 30.1. The average Bonchev–Trinajstić information content (AvgIpc) is 3.69. The number of aromatic nitrogens is 4. The fourth-order valence-corrected chi connectivity index (χ4v) is 10.3. The van der Waals surface area contributed by atoms with Crippen molar-refractivity contribution in [3.63, 3.8) is 0 Å². The lowest BCUT2D eigenvalue weighted by Gasteiger charge is -2.36. The molecular weight excluding hydrogens is 681 g/mol. The van der Waals surface area contributed by atoms with Gasteiger partial charge in [-0.25, -0.2) is 15.0 Å². The Bertz CT molecular complexity index is 3470. The van der Waals surface area contributed by atoms with Gasteiger partial charge in [-0.1, -0.05) is 121 Å². The van der Waals surface area contributed by atoms with E-state index in [0.29, 0.717) is 5.95 Å². The van der Waals surface area contributed by atoms with Gasteiger partial charge in [-0.15, -0.1) is 0 Å². The van der Waals surface area contributed by atoms with Crippen molar-refractivity contribution >= 4 is 66.4 Å². The predicted octanol–water partition coefficient (Wildman–Crippen LogP) is 12.4. The van der Waals surface area contributed by atoms with Crippen LogP contribution < -0.4 is 0 Å². The number of fused-ring (bicyclic) bond motifs is 13. The van der Waals surface area contributed by atoms with Gasteiger partial charge in [-0.3, -0.25) is 4.57 Å². The molecule has 4 heteroatoms. The van der Waals surface area contributed by atoms with E-state index >= 15 is 0 Å². The fraction of sp³-hybridized carbons (Fsp3) is 0.0192. The highest BCUT2D eigenvalue weighted by molar-refractivity contribution is 6.27. The first-order valence-corrected chi connectivity index (χ1v) is 19.2. The van der Waals surface area contributed by atoms with Gasteiger partial charge in [-0.2, -0.15) is 0 Å². The van der Waals surface area contributed by atoms with E-state index < -0.39 is 5.41 Å². The van der Waals surface area contributed by atoms with Crippen molar-refractivity contribution in [1.29, 1.82) is 0 Å². The maximum Gasteiger partial charge on any atom is 0.235 e. The van der Waals surface area contributed by atoms with Crippen LogP contribution in [0.3, 0.4) is 0 Å². The van der Waals surface area contributed by atoms with Crippen LogP contribution in [-0.2, 0) is 5.41 Å². The summed E-state index contributed by atoms with van der Waals surface area (Å²) in [6, 6.07) is 56.5. The molecule has 2 aliphatic rings. The van der Waals surface area contributed by atoms with E-state index in [9.17, 15) is 0 Å². The smallest absolute Gasteiger partial charge is 0.235 e. The summed E-state index contributed by atoms with van der Waals surface area (Å²) in [4.78, 5) is 14.0. The molecule has 0 radical (unpaired) electrons. The first-order valence-electron chi connectivity index (χ1n) is 19.2. The molecule has 0 fully saturated rings. The van der Waals surface area contributed by atoms with Gasteiger partial charge in [0.05, 0.1) is 10.9 Å². The molecule has 0 amide bonds. The largest absolute Gasteiger partial charge is 0.262 e. The standard InChI is InChI=1S/C52H30N4/c1-3-13-42-31(8-1)15-16-32-17-19-36(35-22-24-46-41(28-35)38-12-6-25-53-50(38)56(46)51-54-26-7-27-55-51)29-44(32)52(42)43-14-4-2-11-39(43)49-40-23-21-34-10-5-9-33-18-20-37(30-45(49)52)48(40)47(33)34/h1-30H. The van der Waals surface area contributed by atoms with Gasteiger partial charge < -0.3 is 0 Å². The molecule has 3 heterocycles. The molecule has 8 aromatic carbocycles. The Morgan fingerprint density at radius 2 is 1.16 bits per heavy atom. The van der Waals surface area contributed by atoms with Crippen LogP contribution in [0.1, 0.15) is 33.4 Å². The van der Waals surface area contributed by atoms with Crippen LogP contribution in [0, 0.1) is 0 Å². The van der Waals surface area contributed by atoms with E-state index in [2.05, 4.69) is 166 Å². The minimum absolute atomic E-state index is 0.559. The Morgan fingerprint density at radius 1 is 0.429 bits per heavy atom. The highest BCUT2D eigenvalue weighted by atomic mass is 15.2. The summed E-state index contributed by atoms with van der Waals surface area (Å²) in [5, 5.41) is 10.1. The molecule has 3 aromatic heterocycles. The summed E-state index contributed by atoms with van der Waals surface area (Å²) in [5.74, 6) is 0.612. The molecule has 0 bridgehead atoms. The Balaban J connectivity index is 1.12. The third kappa shape index (κ3) is 3.75. The molecule has 1 spiro atoms. The highest BCUT2D eigenvalue weighted by Crippen LogP contribution is 2.61. The number of rotatable bonds is 2. The van der Waals surface area contributed by atoms with Crippen molar-refractivity contribution in [1.82, 2.24) is 19.5 Å². The number of hydrogen-bond donors (Lipinski definition) is 0. The van der Waals surface area contributed by atoms with Crippen LogP contribution in [0.4, 0.5) is 0 Å². The SMILES string of the molecule is C1=Cc2ccc(-c3ccc4c(c3)c3cccnc3n4-c3ncccn3)cc2C2(c3ccccc31)c1ccccc1-c1c2cc2ccc3cccc4ccc1c2c34. The van der Waals surface area contributed by atoms with Crippen molar-refractivity contribution in [2.45, 2.75) is 5.41 Å². The average molecular weight is 711 g/mol. The molecule has 56 heavy (non-hydrogen) atoms. The van der Waals surface area contributed by atoms with E-state index in [1.807, 2.05) is 18.3 Å². The van der Waals surface area contributed by atoms with Crippen molar-refractivity contribution in [2.75, 3.05) is 0 Å². The van der Waals surface area contributed by atoms with E-state index in [0.717, 1.165) is 27.5 Å². The Labute approximate surface area is 322 Å². The third-order valence-corrected chi connectivity index (χ3v) is 12.5. The van der Waals surface area contributed by atoms with Gasteiger partial charge in [0, 0.05) is 29.4 Å². The second-order valence-electron chi connectivity index (χ2n) is 15.2. The quantitative estimate of drug-likeness (QED) is 0.168. The maximum absolute atomic E-state index is 4.80. The lowest BCUT2D eigenvalue weighted by Crippen LogP contribution is -2.30. The van der Waals surface area contributed by atoms with Gasteiger partial charge in [0.2, 0.25) is 5.95 Å². The van der Waals surface area contributed by atoms with E-state index in [-0.39, 0.29) is 0 Å². The zero-order chi connectivity index (χ0) is 36.5. The van der Waals surface area contributed by atoms with Crippen LogP contribution in [0.25, 0.3) is 94.6 Å². The Morgan fingerprint density at radius 3 is 2.05 bits per heavy atom. The normalized spacial score (nSPS) is 15.5. The van der Waals surface area contributed by atoms with E-state index in [1.165, 1.54) is 82.4 Å². The zero-order valence-corrected chi connectivity index (χ0v) is 30.1. The fourth-order valence-electron chi connectivity index (χ4n) is 10.3. The molecule has 11 aromatic rings. The first-order chi connectivity index (χ1) is 27.8. The molecule has 0 saturated carbocycles. The molecule has 0 N–H and O–H groups in total. The molecule has 258 valence electrons. The minimum atomic E-state index is -0.559. The van der Waals surface area contributed by atoms with Crippen molar-refractivity contribution in [3.05, 3.63) is 204 Å². The van der Waals surface area contributed by atoms with Crippen molar-refractivity contribution in [2.24, 2.45) is 0 Å². The molecule has 1 atom stereocenters. The Kier molecular flexibility index (Phi) is 5.80. The van der Waals surface area contributed by atoms with Crippen LogP contribution in [-0.4, -0.2) is 19.5 Å². The number of hydrogen-bond acceptors (Lipinski definition) is 3. The number of pyridine rings is 1. The Hall–Kier alpha value is -7.43. The molecule has 0 saturated heterocycles. The van der Waals surface area contributed by atoms with Gasteiger partial charge in [0.25, 0.3) is 0 Å². The molecular formula is C52H30N4. The van der Waals surface area contributed by atoms with Crippen LogP contribution in [0.5, 0.6) is 0 Å². The van der Waals surface area contributed by atoms with Crippen LogP contribution in [0.15, 0.2) is 170 Å². The topological polar surface area (TPSA) is 43.6 Å². The monoisotopic (exact) mass is 710 g/mol. The summed E-state index contributed by atoms with van der Waals surface area (Å²) in [7, 11) is 0. The van der Waals surface area contributed by atoms with Gasteiger partial charge in [-0.05, 0) is 130 Å². The molecule has 13 rings (SSSR count). The summed E-state index contributed by atoms with van der Waals surface area (Å²) in [6.07, 6.45) is 10.0. The summed E-state index contributed by atoms with van der Waals surface area (Å²) in [5.41, 5.74) is 14.0. The minimum Gasteiger partial charge on any atom is -0.262 e. The molecule has 1 unspecified atom stereocenters. The summed E-state index contributed by atoms with van der Waals surface area (Å²) < 4.78 is 2.06. The second-order valence-corrected chi connectivity index (χ2v) is 15.2. The van der Waals surface area contributed by atoms with Gasteiger partial charge >= 0.3 is 0 Å². The van der Waals surface area contributed by atoms with E-state index in [4.69, 9.17) is 4.98 Å². The predicted molar refractivity (Wildman–Crippen MR) is 230 cm³/mol. The molecule has 4 nitrogen and oxygen atoms in total. The lowest BCUT2D eigenvalue weighted by atomic mass is 9.65. The molecule has 2 aliphatic carbocycles. The third-order valence-electron chi connectivity index (χ3n) is 12.5. The van der Waals surface area contributed by atoms with E-state index in [1.54, 1.807) is 12.4 Å². The maximum atomic E-state index is 4.80. The molecule has 0 aliphatic heterocycles.